The summed E-state index contributed by atoms with van der Waals surface area (Å²) < 4.78 is 0. The van der Waals surface area contributed by atoms with Crippen LogP contribution in [0.15, 0.2) is 18.2 Å². The van der Waals surface area contributed by atoms with Crippen molar-refractivity contribution in [1.82, 2.24) is 0 Å². The summed E-state index contributed by atoms with van der Waals surface area (Å²) in [5.41, 5.74) is 1.28. The Morgan fingerprint density at radius 2 is 2.24 bits per heavy atom. The molecule has 0 bridgehead atoms. The number of nitrogens with zero attached hydrogens (tertiary/aromatic N) is 1. The van der Waals surface area contributed by atoms with Gasteiger partial charge in [-0.3, -0.25) is 14.9 Å². The molecule has 0 saturated carbocycles. The van der Waals surface area contributed by atoms with Gasteiger partial charge in [-0.1, -0.05) is 0 Å². The Balaban J connectivity index is 2.77. The SMILES string of the molecule is Cc1cc(NC(C)CC(=O)O)ccc1[N+](=O)[O-]. The number of carbonyl (C=O) groups is 1. The van der Waals surface area contributed by atoms with Crippen LogP contribution in [0.3, 0.4) is 0 Å². The first kappa shape index (κ1) is 13.0. The van der Waals surface area contributed by atoms with Crippen LogP contribution >= 0.6 is 0 Å². The zero-order valence-corrected chi connectivity index (χ0v) is 9.64. The van der Waals surface area contributed by atoms with E-state index in [9.17, 15) is 14.9 Å². The van der Waals surface area contributed by atoms with Gasteiger partial charge >= 0.3 is 5.97 Å². The molecule has 0 aromatic heterocycles. The quantitative estimate of drug-likeness (QED) is 0.605. The van der Waals surface area contributed by atoms with Crippen molar-refractivity contribution >= 4 is 17.3 Å². The number of aliphatic carboxylic acids is 1. The van der Waals surface area contributed by atoms with Crippen molar-refractivity contribution in [3.05, 3.63) is 33.9 Å². The van der Waals surface area contributed by atoms with Gasteiger partial charge in [0.05, 0.1) is 11.3 Å². The third kappa shape index (κ3) is 3.75. The average Bonchev–Trinajstić information content (AvgIpc) is 2.15. The van der Waals surface area contributed by atoms with Crippen molar-refractivity contribution in [3.63, 3.8) is 0 Å². The minimum Gasteiger partial charge on any atom is -0.481 e. The van der Waals surface area contributed by atoms with Crippen LogP contribution in [0.5, 0.6) is 0 Å². The van der Waals surface area contributed by atoms with E-state index in [0.29, 0.717) is 11.3 Å². The topological polar surface area (TPSA) is 92.5 Å². The zero-order valence-electron chi connectivity index (χ0n) is 9.64. The van der Waals surface area contributed by atoms with Crippen LogP contribution in [-0.2, 0) is 4.79 Å². The average molecular weight is 238 g/mol. The monoisotopic (exact) mass is 238 g/mol. The number of anilines is 1. The number of aryl methyl sites for hydroxylation is 1. The summed E-state index contributed by atoms with van der Waals surface area (Å²) in [5, 5.41) is 22.2. The summed E-state index contributed by atoms with van der Waals surface area (Å²) >= 11 is 0. The molecule has 0 aliphatic rings. The first-order valence-electron chi connectivity index (χ1n) is 5.13. The van der Waals surface area contributed by atoms with Gasteiger partial charge in [-0.05, 0) is 26.0 Å². The van der Waals surface area contributed by atoms with Crippen LogP contribution in [0.25, 0.3) is 0 Å². The summed E-state index contributed by atoms with van der Waals surface area (Å²) in [6.07, 6.45) is -0.00393. The summed E-state index contributed by atoms with van der Waals surface area (Å²) in [4.78, 5) is 20.6. The minimum absolute atomic E-state index is 0.00393. The highest BCUT2D eigenvalue weighted by atomic mass is 16.6. The van der Waals surface area contributed by atoms with Crippen LogP contribution in [0.1, 0.15) is 18.9 Å². The lowest BCUT2D eigenvalue weighted by molar-refractivity contribution is -0.385. The summed E-state index contributed by atoms with van der Waals surface area (Å²) in [6.45, 7) is 3.38. The molecule has 0 spiro atoms. The summed E-state index contributed by atoms with van der Waals surface area (Å²) in [6, 6.07) is 4.39. The lowest BCUT2D eigenvalue weighted by atomic mass is 10.1. The highest BCUT2D eigenvalue weighted by molar-refractivity contribution is 5.68. The number of nitro benzene ring substituents is 1. The number of nitro groups is 1. The maximum absolute atomic E-state index is 10.6. The van der Waals surface area contributed by atoms with E-state index in [1.807, 2.05) is 0 Å². The van der Waals surface area contributed by atoms with Crippen molar-refractivity contribution < 1.29 is 14.8 Å². The molecule has 1 atom stereocenters. The lowest BCUT2D eigenvalue weighted by Gasteiger charge is -2.13. The van der Waals surface area contributed by atoms with Crippen LogP contribution in [-0.4, -0.2) is 22.0 Å². The Hall–Kier alpha value is -2.11. The van der Waals surface area contributed by atoms with E-state index in [-0.39, 0.29) is 18.2 Å². The standard InChI is InChI=1S/C11H14N2O4/c1-7-5-9(3-4-10(7)13(16)17)12-8(2)6-11(14)15/h3-5,8,12H,6H2,1-2H3,(H,14,15). The number of nitrogens with one attached hydrogen (secondary N) is 1. The predicted octanol–water partition coefficient (Wildman–Crippen LogP) is 2.18. The molecular weight excluding hydrogens is 224 g/mol. The number of benzene rings is 1. The van der Waals surface area contributed by atoms with Gasteiger partial charge in [-0.25, -0.2) is 0 Å². The molecule has 1 unspecified atom stereocenters. The zero-order chi connectivity index (χ0) is 13.0. The molecule has 0 saturated heterocycles. The van der Waals surface area contributed by atoms with Gasteiger partial charge in [0.25, 0.3) is 5.69 Å². The number of carboxylic acids is 1. The fraction of sp³-hybridized carbons (Fsp3) is 0.364. The fourth-order valence-corrected chi connectivity index (χ4v) is 1.55. The molecule has 92 valence electrons. The molecule has 0 aliphatic carbocycles. The highest BCUT2D eigenvalue weighted by Gasteiger charge is 2.12. The second-order valence-electron chi connectivity index (χ2n) is 3.90. The first-order chi connectivity index (χ1) is 7.90. The molecule has 0 radical (unpaired) electrons. The van der Waals surface area contributed by atoms with Crippen LogP contribution in [0.2, 0.25) is 0 Å². The molecule has 1 aromatic rings. The van der Waals surface area contributed by atoms with Gasteiger partial charge in [-0.2, -0.15) is 0 Å². The lowest BCUT2D eigenvalue weighted by Crippen LogP contribution is -2.19. The summed E-state index contributed by atoms with van der Waals surface area (Å²) in [7, 11) is 0. The Bertz CT molecular complexity index is 445. The predicted molar refractivity (Wildman–Crippen MR) is 63.2 cm³/mol. The van der Waals surface area contributed by atoms with Crippen molar-refractivity contribution in [2.24, 2.45) is 0 Å². The van der Waals surface area contributed by atoms with E-state index in [1.54, 1.807) is 26.0 Å². The Labute approximate surface area is 98.4 Å². The minimum atomic E-state index is -0.886. The maximum atomic E-state index is 10.6. The number of hydrogen-bond acceptors (Lipinski definition) is 4. The Morgan fingerprint density at radius 3 is 2.71 bits per heavy atom. The van der Waals surface area contributed by atoms with E-state index in [0.717, 1.165) is 0 Å². The number of hydrogen-bond donors (Lipinski definition) is 2. The number of rotatable bonds is 5. The van der Waals surface area contributed by atoms with Gasteiger partial charge in [0.15, 0.2) is 0 Å². The van der Waals surface area contributed by atoms with Crippen LogP contribution in [0, 0.1) is 17.0 Å². The van der Waals surface area contributed by atoms with Crippen molar-refractivity contribution in [2.75, 3.05) is 5.32 Å². The van der Waals surface area contributed by atoms with E-state index in [4.69, 9.17) is 5.11 Å². The molecular formula is C11H14N2O4. The van der Waals surface area contributed by atoms with Crippen molar-refractivity contribution in [3.8, 4) is 0 Å². The molecule has 0 aliphatic heterocycles. The second-order valence-corrected chi connectivity index (χ2v) is 3.90. The van der Waals surface area contributed by atoms with Gasteiger partial charge in [-0.15, -0.1) is 0 Å². The van der Waals surface area contributed by atoms with Gasteiger partial charge in [0.2, 0.25) is 0 Å². The van der Waals surface area contributed by atoms with E-state index >= 15 is 0 Å². The molecule has 2 N–H and O–H groups in total. The molecule has 0 heterocycles. The number of carboxylic acid groups (broad SMARTS) is 1. The van der Waals surface area contributed by atoms with E-state index in [2.05, 4.69) is 5.32 Å². The molecule has 6 nitrogen and oxygen atoms in total. The van der Waals surface area contributed by atoms with E-state index in [1.165, 1.54) is 6.07 Å². The van der Waals surface area contributed by atoms with Crippen molar-refractivity contribution in [1.29, 1.82) is 0 Å². The van der Waals surface area contributed by atoms with Crippen LogP contribution in [0.4, 0.5) is 11.4 Å². The maximum Gasteiger partial charge on any atom is 0.305 e. The third-order valence-electron chi connectivity index (χ3n) is 2.29. The Kier molecular flexibility index (Phi) is 4.03. The molecule has 6 heteroatoms. The molecule has 1 aromatic carbocycles. The molecule has 0 fully saturated rings. The van der Waals surface area contributed by atoms with Gasteiger partial charge in [0.1, 0.15) is 0 Å². The Morgan fingerprint density at radius 1 is 1.59 bits per heavy atom. The van der Waals surface area contributed by atoms with Gasteiger partial charge in [0, 0.05) is 23.4 Å². The molecule has 17 heavy (non-hydrogen) atoms. The largest absolute Gasteiger partial charge is 0.481 e. The van der Waals surface area contributed by atoms with Crippen LogP contribution < -0.4 is 5.32 Å². The van der Waals surface area contributed by atoms with Crippen molar-refractivity contribution in [2.45, 2.75) is 26.3 Å². The third-order valence-corrected chi connectivity index (χ3v) is 2.29. The van der Waals surface area contributed by atoms with E-state index < -0.39 is 10.9 Å². The summed E-state index contributed by atoms with van der Waals surface area (Å²) in [5.74, 6) is -0.886. The van der Waals surface area contributed by atoms with Gasteiger partial charge < -0.3 is 10.4 Å². The normalized spacial score (nSPS) is 11.9. The molecule has 1 rings (SSSR count). The highest BCUT2D eigenvalue weighted by Crippen LogP contribution is 2.22. The first-order valence-corrected chi connectivity index (χ1v) is 5.13. The smallest absolute Gasteiger partial charge is 0.305 e. The molecule has 0 amide bonds. The fourth-order valence-electron chi connectivity index (χ4n) is 1.55. The second kappa shape index (κ2) is 5.29.